The Balaban J connectivity index is 2.83. The molecule has 1 aromatic carbocycles. The van der Waals surface area contributed by atoms with Crippen molar-refractivity contribution in [1.29, 1.82) is 0 Å². The lowest BCUT2D eigenvalue weighted by atomic mass is 10.3. The molecule has 1 rings (SSSR count). The van der Waals surface area contributed by atoms with Gasteiger partial charge in [0.1, 0.15) is 0 Å². The van der Waals surface area contributed by atoms with Gasteiger partial charge in [-0.05, 0) is 12.1 Å². The van der Waals surface area contributed by atoms with Crippen molar-refractivity contribution in [2.45, 2.75) is 12.8 Å². The van der Waals surface area contributed by atoms with Crippen molar-refractivity contribution in [2.75, 3.05) is 5.32 Å². The van der Waals surface area contributed by atoms with Crippen LogP contribution in [0.3, 0.4) is 0 Å². The normalized spacial score (nSPS) is 11.3. The van der Waals surface area contributed by atoms with Crippen molar-refractivity contribution < 1.29 is 10.2 Å². The summed E-state index contributed by atoms with van der Waals surface area (Å²) in [6.45, 7) is 1.22. The third-order valence-corrected chi connectivity index (χ3v) is 1.57. The van der Waals surface area contributed by atoms with Crippen molar-refractivity contribution in [3.63, 3.8) is 0 Å². The Morgan fingerprint density at radius 1 is 1.33 bits per heavy atom. The third kappa shape index (κ3) is 2.70. The number of aliphatic hydroxyl groups is 2. The van der Waals surface area contributed by atoms with Gasteiger partial charge in [-0.2, -0.15) is 0 Å². The first-order chi connectivity index (χ1) is 5.49. The first-order valence-electron chi connectivity index (χ1n) is 3.46. The molecule has 0 radical (unpaired) electrons. The van der Waals surface area contributed by atoms with E-state index >= 15 is 0 Å². The van der Waals surface area contributed by atoms with E-state index < -0.39 is 5.91 Å². The van der Waals surface area contributed by atoms with Gasteiger partial charge in [0, 0.05) is 6.92 Å². The van der Waals surface area contributed by atoms with Gasteiger partial charge >= 0.3 is 0 Å². The molecular formula is C8H10ClNO2. The first kappa shape index (κ1) is 9.32. The lowest BCUT2D eigenvalue weighted by molar-refractivity contribution is -0.118. The molecule has 0 fully saturated rings. The molecule has 0 saturated carbocycles. The zero-order valence-corrected chi connectivity index (χ0v) is 7.34. The second-order valence-corrected chi connectivity index (χ2v) is 3.03. The molecule has 0 saturated heterocycles. The zero-order valence-electron chi connectivity index (χ0n) is 6.58. The number of nitrogens with one attached hydrogen (secondary N) is 1. The predicted octanol–water partition coefficient (Wildman–Crippen LogP) is 1.41. The summed E-state index contributed by atoms with van der Waals surface area (Å²) in [6.07, 6.45) is 0. The molecule has 0 amide bonds. The number of benzene rings is 1. The summed E-state index contributed by atoms with van der Waals surface area (Å²) in [6, 6.07) is 6.84. The quantitative estimate of drug-likeness (QED) is 0.614. The number of rotatable bonds is 2. The SMILES string of the molecule is CC(O)(O)Nc1ccccc1Cl. The summed E-state index contributed by atoms with van der Waals surface area (Å²) in [4.78, 5) is 0. The number of halogens is 1. The summed E-state index contributed by atoms with van der Waals surface area (Å²) in [7, 11) is 0. The Hall–Kier alpha value is -0.770. The zero-order chi connectivity index (χ0) is 9.19. The van der Waals surface area contributed by atoms with Gasteiger partial charge in [0.15, 0.2) is 0 Å². The van der Waals surface area contributed by atoms with E-state index in [1.807, 2.05) is 0 Å². The summed E-state index contributed by atoms with van der Waals surface area (Å²) in [5.74, 6) is -1.94. The minimum Gasteiger partial charge on any atom is -0.349 e. The number of para-hydroxylation sites is 1. The molecule has 0 aromatic heterocycles. The first-order valence-corrected chi connectivity index (χ1v) is 3.84. The van der Waals surface area contributed by atoms with Crippen LogP contribution >= 0.6 is 11.6 Å². The summed E-state index contributed by atoms with van der Waals surface area (Å²) < 4.78 is 0. The van der Waals surface area contributed by atoms with Crippen LogP contribution in [0.15, 0.2) is 24.3 Å². The van der Waals surface area contributed by atoms with E-state index in [1.165, 1.54) is 6.92 Å². The van der Waals surface area contributed by atoms with Gasteiger partial charge in [0.2, 0.25) is 5.91 Å². The van der Waals surface area contributed by atoms with Crippen LogP contribution in [0.5, 0.6) is 0 Å². The molecule has 66 valence electrons. The molecule has 0 aliphatic heterocycles. The van der Waals surface area contributed by atoms with Gasteiger partial charge in [-0.25, -0.2) is 0 Å². The summed E-state index contributed by atoms with van der Waals surface area (Å²) >= 11 is 5.75. The molecule has 12 heavy (non-hydrogen) atoms. The second kappa shape index (κ2) is 3.31. The van der Waals surface area contributed by atoms with Crippen molar-refractivity contribution in [1.82, 2.24) is 0 Å². The van der Waals surface area contributed by atoms with Crippen LogP contribution in [0.4, 0.5) is 5.69 Å². The van der Waals surface area contributed by atoms with Gasteiger partial charge in [0.25, 0.3) is 0 Å². The van der Waals surface area contributed by atoms with Crippen LogP contribution < -0.4 is 5.32 Å². The van der Waals surface area contributed by atoms with Crippen molar-refractivity contribution in [2.24, 2.45) is 0 Å². The van der Waals surface area contributed by atoms with Crippen LogP contribution in [0.2, 0.25) is 5.02 Å². The Labute approximate surface area is 75.6 Å². The minimum absolute atomic E-state index is 0.451. The fourth-order valence-corrected chi connectivity index (χ4v) is 1.00. The highest BCUT2D eigenvalue weighted by atomic mass is 35.5. The summed E-state index contributed by atoms with van der Waals surface area (Å²) in [5, 5.41) is 20.8. The number of hydrogen-bond donors (Lipinski definition) is 3. The molecule has 0 bridgehead atoms. The lowest BCUT2D eigenvalue weighted by Gasteiger charge is -2.19. The minimum atomic E-state index is -1.94. The van der Waals surface area contributed by atoms with E-state index in [1.54, 1.807) is 24.3 Å². The number of hydrogen-bond acceptors (Lipinski definition) is 3. The molecule has 0 atom stereocenters. The van der Waals surface area contributed by atoms with Crippen LogP contribution in [-0.2, 0) is 0 Å². The second-order valence-electron chi connectivity index (χ2n) is 2.63. The van der Waals surface area contributed by atoms with E-state index in [-0.39, 0.29) is 0 Å². The van der Waals surface area contributed by atoms with Crippen molar-refractivity contribution in [3.05, 3.63) is 29.3 Å². The van der Waals surface area contributed by atoms with Crippen molar-refractivity contribution >= 4 is 17.3 Å². The van der Waals surface area contributed by atoms with Crippen LogP contribution in [0.1, 0.15) is 6.92 Å². The van der Waals surface area contributed by atoms with Gasteiger partial charge in [0.05, 0.1) is 10.7 Å². The highest BCUT2D eigenvalue weighted by Crippen LogP contribution is 2.22. The molecule has 3 N–H and O–H groups in total. The molecule has 1 aromatic rings. The average Bonchev–Trinajstić information content (AvgIpc) is 1.91. The third-order valence-electron chi connectivity index (χ3n) is 1.25. The molecule has 0 aliphatic carbocycles. The van der Waals surface area contributed by atoms with E-state index in [9.17, 15) is 0 Å². The smallest absolute Gasteiger partial charge is 0.241 e. The van der Waals surface area contributed by atoms with Gasteiger partial charge in [-0.15, -0.1) is 0 Å². The molecule has 0 aliphatic rings. The van der Waals surface area contributed by atoms with Crippen molar-refractivity contribution in [3.8, 4) is 0 Å². The Morgan fingerprint density at radius 3 is 2.42 bits per heavy atom. The summed E-state index contributed by atoms with van der Waals surface area (Å²) in [5.41, 5.74) is 0.492. The van der Waals surface area contributed by atoms with Crippen LogP contribution in [-0.4, -0.2) is 16.1 Å². The van der Waals surface area contributed by atoms with Crippen LogP contribution in [0.25, 0.3) is 0 Å². The van der Waals surface area contributed by atoms with Gasteiger partial charge in [-0.3, -0.25) is 0 Å². The maximum absolute atomic E-state index is 8.98. The highest BCUT2D eigenvalue weighted by molar-refractivity contribution is 6.33. The van der Waals surface area contributed by atoms with E-state index in [2.05, 4.69) is 5.32 Å². The maximum atomic E-state index is 8.98. The molecule has 0 unspecified atom stereocenters. The van der Waals surface area contributed by atoms with Crippen LogP contribution in [0, 0.1) is 0 Å². The predicted molar refractivity (Wildman–Crippen MR) is 47.9 cm³/mol. The molecule has 4 heteroatoms. The van der Waals surface area contributed by atoms with E-state index in [4.69, 9.17) is 21.8 Å². The Kier molecular flexibility index (Phi) is 2.57. The van der Waals surface area contributed by atoms with Gasteiger partial charge in [-0.1, -0.05) is 23.7 Å². The monoisotopic (exact) mass is 187 g/mol. The highest BCUT2D eigenvalue weighted by Gasteiger charge is 2.14. The fraction of sp³-hybridized carbons (Fsp3) is 0.250. The standard InChI is InChI=1S/C8H10ClNO2/c1-8(11,12)10-7-5-3-2-4-6(7)9/h2-5,10-12H,1H3. The average molecular weight is 188 g/mol. The van der Waals surface area contributed by atoms with E-state index in [0.29, 0.717) is 10.7 Å². The van der Waals surface area contributed by atoms with Gasteiger partial charge < -0.3 is 15.5 Å². The van der Waals surface area contributed by atoms with E-state index in [0.717, 1.165) is 0 Å². The number of anilines is 1. The Morgan fingerprint density at radius 2 is 1.92 bits per heavy atom. The Bertz CT molecular complexity index is 270. The molecular weight excluding hydrogens is 178 g/mol. The topological polar surface area (TPSA) is 52.5 Å². The lowest BCUT2D eigenvalue weighted by Crippen LogP contribution is -2.33. The molecule has 0 heterocycles. The maximum Gasteiger partial charge on any atom is 0.241 e. The molecule has 3 nitrogen and oxygen atoms in total. The fourth-order valence-electron chi connectivity index (χ4n) is 0.818. The largest absolute Gasteiger partial charge is 0.349 e. The molecule has 0 spiro atoms.